The van der Waals surface area contributed by atoms with Crippen LogP contribution in [-0.4, -0.2) is 36.0 Å². The summed E-state index contributed by atoms with van der Waals surface area (Å²) >= 11 is 0. The molecule has 17 heavy (non-hydrogen) atoms. The quantitative estimate of drug-likeness (QED) is 0.807. The summed E-state index contributed by atoms with van der Waals surface area (Å²) in [5.74, 6) is 1.59. The lowest BCUT2D eigenvalue weighted by Gasteiger charge is -2.32. The molecule has 3 nitrogen and oxygen atoms in total. The number of piperidine rings is 1. The molecule has 3 rings (SSSR count). The molecule has 2 unspecified atom stereocenters. The third-order valence-corrected chi connectivity index (χ3v) is 4.40. The largest absolute Gasteiger partial charge is 0.339 e. The third-order valence-electron chi connectivity index (χ3n) is 4.40. The number of carbonyl (C=O) groups is 1. The van der Waals surface area contributed by atoms with Gasteiger partial charge in [0.15, 0.2) is 0 Å². The summed E-state index contributed by atoms with van der Waals surface area (Å²) in [6.45, 7) is 4.27. The molecule has 0 radical (unpaired) electrons. The van der Waals surface area contributed by atoms with Gasteiger partial charge in [0.05, 0.1) is 0 Å². The van der Waals surface area contributed by atoms with Crippen LogP contribution in [-0.2, 0) is 4.79 Å². The highest BCUT2D eigenvalue weighted by Gasteiger charge is 2.39. The summed E-state index contributed by atoms with van der Waals surface area (Å²) in [6, 6.07) is 1.12. The fourth-order valence-corrected chi connectivity index (χ4v) is 2.97. The maximum absolute atomic E-state index is 12.6. The number of nitrogens with zero attached hydrogens (tertiary/aromatic N) is 1. The van der Waals surface area contributed by atoms with Crippen LogP contribution in [0.3, 0.4) is 0 Å². The molecule has 3 fully saturated rings. The molecule has 2 atom stereocenters. The molecule has 1 saturated heterocycles. The lowest BCUT2D eigenvalue weighted by molar-refractivity contribution is -0.137. The van der Waals surface area contributed by atoms with Crippen molar-refractivity contribution in [2.24, 2.45) is 11.8 Å². The molecule has 0 aromatic rings. The lowest BCUT2D eigenvalue weighted by atomic mass is 9.92. The van der Waals surface area contributed by atoms with Crippen molar-refractivity contribution in [2.45, 2.75) is 57.5 Å². The van der Waals surface area contributed by atoms with Gasteiger partial charge in [-0.1, -0.05) is 0 Å². The van der Waals surface area contributed by atoms with E-state index in [1.165, 1.54) is 25.7 Å². The van der Waals surface area contributed by atoms with E-state index >= 15 is 0 Å². The van der Waals surface area contributed by atoms with Gasteiger partial charge in [0, 0.05) is 24.5 Å². The van der Waals surface area contributed by atoms with Crippen LogP contribution in [0.15, 0.2) is 0 Å². The molecule has 2 aliphatic carbocycles. The van der Waals surface area contributed by atoms with Gasteiger partial charge < -0.3 is 10.2 Å². The van der Waals surface area contributed by atoms with E-state index in [-0.39, 0.29) is 0 Å². The van der Waals surface area contributed by atoms with Gasteiger partial charge in [-0.3, -0.25) is 4.79 Å². The monoisotopic (exact) mass is 236 g/mol. The molecule has 0 spiro atoms. The van der Waals surface area contributed by atoms with E-state index in [4.69, 9.17) is 0 Å². The molecule has 0 bridgehead atoms. The summed E-state index contributed by atoms with van der Waals surface area (Å²) < 4.78 is 0. The second-order valence-electron chi connectivity index (χ2n) is 6.24. The zero-order valence-electron chi connectivity index (χ0n) is 10.8. The highest BCUT2D eigenvalue weighted by Crippen LogP contribution is 2.36. The average molecular weight is 236 g/mol. The summed E-state index contributed by atoms with van der Waals surface area (Å²) in [5.41, 5.74) is 0. The van der Waals surface area contributed by atoms with E-state index in [0.29, 0.717) is 23.9 Å². The predicted octanol–water partition coefficient (Wildman–Crippen LogP) is 1.78. The van der Waals surface area contributed by atoms with E-state index < -0.39 is 0 Å². The number of hydrogen-bond acceptors (Lipinski definition) is 2. The number of carbonyl (C=O) groups excluding carboxylic acids is 1. The standard InChI is InChI=1S/C14H24N2O/c1-10-8-12(6-7-15-10)14(17)16(13-4-5-13)9-11-2-3-11/h10-13,15H,2-9H2,1H3. The molecule has 1 amide bonds. The summed E-state index contributed by atoms with van der Waals surface area (Å²) in [4.78, 5) is 14.8. The predicted molar refractivity (Wildman–Crippen MR) is 67.6 cm³/mol. The van der Waals surface area contributed by atoms with Crippen LogP contribution >= 0.6 is 0 Å². The highest BCUT2D eigenvalue weighted by molar-refractivity contribution is 5.79. The van der Waals surface area contributed by atoms with E-state index in [0.717, 1.165) is 31.8 Å². The Balaban J connectivity index is 1.60. The van der Waals surface area contributed by atoms with Gasteiger partial charge in [0.25, 0.3) is 0 Å². The molecule has 3 aliphatic rings. The first-order valence-corrected chi connectivity index (χ1v) is 7.28. The van der Waals surface area contributed by atoms with Crippen LogP contribution in [0.1, 0.15) is 45.4 Å². The van der Waals surface area contributed by atoms with Gasteiger partial charge in [-0.15, -0.1) is 0 Å². The average Bonchev–Trinajstić information content (AvgIpc) is 3.16. The van der Waals surface area contributed by atoms with Gasteiger partial charge in [0.1, 0.15) is 0 Å². The van der Waals surface area contributed by atoms with Crippen molar-refractivity contribution in [1.82, 2.24) is 10.2 Å². The number of rotatable bonds is 4. The van der Waals surface area contributed by atoms with Gasteiger partial charge in [-0.05, 0) is 57.9 Å². The van der Waals surface area contributed by atoms with Crippen molar-refractivity contribution >= 4 is 5.91 Å². The lowest BCUT2D eigenvalue weighted by Crippen LogP contribution is -2.45. The van der Waals surface area contributed by atoms with Gasteiger partial charge in [-0.25, -0.2) is 0 Å². The van der Waals surface area contributed by atoms with E-state index in [1.807, 2.05) is 0 Å². The number of amides is 1. The molecular formula is C14H24N2O. The molecule has 0 aromatic carbocycles. The fourth-order valence-electron chi connectivity index (χ4n) is 2.97. The topological polar surface area (TPSA) is 32.3 Å². The normalized spacial score (nSPS) is 33.5. The number of hydrogen-bond donors (Lipinski definition) is 1. The summed E-state index contributed by atoms with van der Waals surface area (Å²) in [5, 5.41) is 3.43. The first-order chi connectivity index (χ1) is 8.24. The maximum Gasteiger partial charge on any atom is 0.226 e. The molecule has 3 heteroatoms. The number of nitrogens with one attached hydrogen (secondary N) is 1. The molecule has 1 heterocycles. The zero-order chi connectivity index (χ0) is 11.8. The van der Waals surface area contributed by atoms with Crippen molar-refractivity contribution in [3.8, 4) is 0 Å². The van der Waals surface area contributed by atoms with Crippen molar-refractivity contribution in [3.05, 3.63) is 0 Å². The van der Waals surface area contributed by atoms with Gasteiger partial charge >= 0.3 is 0 Å². The smallest absolute Gasteiger partial charge is 0.226 e. The Morgan fingerprint density at radius 2 is 2.00 bits per heavy atom. The second kappa shape index (κ2) is 4.60. The summed E-state index contributed by atoms with van der Waals surface area (Å²) in [7, 11) is 0. The van der Waals surface area contributed by atoms with Crippen LogP contribution in [0, 0.1) is 11.8 Å². The van der Waals surface area contributed by atoms with E-state index in [2.05, 4.69) is 17.1 Å². The van der Waals surface area contributed by atoms with Crippen molar-refractivity contribution < 1.29 is 4.79 Å². The molecule has 1 aliphatic heterocycles. The Bertz CT molecular complexity index is 297. The fraction of sp³-hybridized carbons (Fsp3) is 0.929. The SMILES string of the molecule is CC1CC(C(=O)N(CC2CC2)C2CC2)CCN1. The molecular weight excluding hydrogens is 212 g/mol. The third kappa shape index (κ3) is 2.82. The van der Waals surface area contributed by atoms with Crippen molar-refractivity contribution in [3.63, 3.8) is 0 Å². The Labute approximate surface area is 104 Å². The van der Waals surface area contributed by atoms with Gasteiger partial charge in [0.2, 0.25) is 5.91 Å². The van der Waals surface area contributed by atoms with Crippen LogP contribution < -0.4 is 5.32 Å². The van der Waals surface area contributed by atoms with Crippen LogP contribution in [0.2, 0.25) is 0 Å². The maximum atomic E-state index is 12.6. The van der Waals surface area contributed by atoms with Crippen LogP contribution in [0.4, 0.5) is 0 Å². The molecule has 96 valence electrons. The molecule has 0 aromatic heterocycles. The van der Waals surface area contributed by atoms with Crippen LogP contribution in [0.5, 0.6) is 0 Å². The minimum atomic E-state index is 0.297. The Hall–Kier alpha value is -0.570. The molecule has 1 N–H and O–H groups in total. The summed E-state index contributed by atoms with van der Waals surface area (Å²) in [6.07, 6.45) is 7.26. The minimum Gasteiger partial charge on any atom is -0.339 e. The van der Waals surface area contributed by atoms with Crippen molar-refractivity contribution in [2.75, 3.05) is 13.1 Å². The van der Waals surface area contributed by atoms with Crippen molar-refractivity contribution in [1.29, 1.82) is 0 Å². The Morgan fingerprint density at radius 3 is 2.59 bits per heavy atom. The first-order valence-electron chi connectivity index (χ1n) is 7.28. The Kier molecular flexibility index (Phi) is 3.12. The second-order valence-corrected chi connectivity index (χ2v) is 6.24. The van der Waals surface area contributed by atoms with Crippen LogP contribution in [0.25, 0.3) is 0 Å². The molecule has 2 saturated carbocycles. The first kappa shape index (κ1) is 11.5. The van der Waals surface area contributed by atoms with Gasteiger partial charge in [-0.2, -0.15) is 0 Å². The minimum absolute atomic E-state index is 0.297. The van der Waals surface area contributed by atoms with E-state index in [9.17, 15) is 4.79 Å². The highest BCUT2D eigenvalue weighted by atomic mass is 16.2. The van der Waals surface area contributed by atoms with E-state index in [1.54, 1.807) is 0 Å². The zero-order valence-corrected chi connectivity index (χ0v) is 10.8. The Morgan fingerprint density at radius 1 is 1.24 bits per heavy atom.